The van der Waals surface area contributed by atoms with E-state index in [9.17, 15) is 9.59 Å². The molecule has 0 spiro atoms. The first-order valence-electron chi connectivity index (χ1n) is 10.6. The average Bonchev–Trinajstić information content (AvgIpc) is 2.85. The van der Waals surface area contributed by atoms with E-state index in [2.05, 4.69) is 28.8 Å². The fourth-order valence-corrected chi connectivity index (χ4v) is 3.30. The third-order valence-electron chi connectivity index (χ3n) is 4.84. The summed E-state index contributed by atoms with van der Waals surface area (Å²) in [6.07, 6.45) is 7.45. The van der Waals surface area contributed by atoms with Gasteiger partial charge < -0.3 is 10.6 Å². The lowest BCUT2D eigenvalue weighted by atomic mass is 10.2. The van der Waals surface area contributed by atoms with Crippen molar-refractivity contribution in [2.24, 2.45) is 0 Å². The van der Waals surface area contributed by atoms with Crippen LogP contribution in [0.3, 0.4) is 0 Å². The average molecular weight is 451 g/mol. The van der Waals surface area contributed by atoms with Crippen molar-refractivity contribution in [1.82, 2.24) is 9.55 Å². The molecule has 0 aliphatic rings. The Kier molecular flexibility index (Phi) is 8.30. The molecule has 4 rings (SSSR count). The summed E-state index contributed by atoms with van der Waals surface area (Å²) < 4.78 is 2.01. The number of aryl methyl sites for hydroxylation is 1. The molecule has 0 aliphatic heterocycles. The normalized spacial score (nSPS) is 10.6. The van der Waals surface area contributed by atoms with E-state index in [1.54, 1.807) is 30.5 Å². The van der Waals surface area contributed by atoms with Crippen LogP contribution in [0.25, 0.3) is 16.6 Å². The van der Waals surface area contributed by atoms with Gasteiger partial charge >= 0.3 is 0 Å². The summed E-state index contributed by atoms with van der Waals surface area (Å²) in [6, 6.07) is 22.7. The van der Waals surface area contributed by atoms with Crippen LogP contribution in [0.1, 0.15) is 5.69 Å². The van der Waals surface area contributed by atoms with E-state index in [0.717, 1.165) is 28.3 Å². The molecule has 0 saturated carbocycles. The number of allylic oxidation sites excluding steroid dienone is 3. The van der Waals surface area contributed by atoms with E-state index < -0.39 is 0 Å². The van der Waals surface area contributed by atoms with Crippen molar-refractivity contribution < 1.29 is 4.79 Å². The maximum Gasteiger partial charge on any atom is 0.211 e. The molecule has 2 aromatic heterocycles. The van der Waals surface area contributed by atoms with Crippen LogP contribution in [0.5, 0.6) is 0 Å². The molecule has 2 heterocycles. The molecule has 6 nitrogen and oxygen atoms in total. The van der Waals surface area contributed by atoms with Gasteiger partial charge in [0.15, 0.2) is 5.43 Å². The molecule has 2 N–H and O–H groups in total. The van der Waals surface area contributed by atoms with Crippen LogP contribution in [0, 0.1) is 6.92 Å². The number of hydrogen-bond acceptors (Lipinski definition) is 4. The molecule has 0 saturated heterocycles. The molecule has 34 heavy (non-hydrogen) atoms. The maximum atomic E-state index is 12.6. The van der Waals surface area contributed by atoms with E-state index in [-0.39, 0.29) is 5.43 Å². The largest absolute Gasteiger partial charge is 0.341 e. The van der Waals surface area contributed by atoms with Gasteiger partial charge in [-0.15, -0.1) is 0 Å². The SMILES string of the molecule is C=C/C=C(\C=C)Nc1cc(=O)c2cnc(C)cc2n1-c1ccccc1.O=CNc1ccccc1. The molecular weight excluding hydrogens is 424 g/mol. The summed E-state index contributed by atoms with van der Waals surface area (Å²) in [5, 5.41) is 6.37. The lowest BCUT2D eigenvalue weighted by Crippen LogP contribution is -2.14. The Morgan fingerprint density at radius 1 is 1.00 bits per heavy atom. The number of carbonyl (C=O) groups is 1. The number of para-hydroxylation sites is 2. The third-order valence-corrected chi connectivity index (χ3v) is 4.84. The molecule has 0 unspecified atom stereocenters. The van der Waals surface area contributed by atoms with Crippen LogP contribution < -0.4 is 16.1 Å². The van der Waals surface area contributed by atoms with Crippen molar-refractivity contribution in [2.75, 3.05) is 10.6 Å². The third kappa shape index (κ3) is 5.95. The van der Waals surface area contributed by atoms with Crippen molar-refractivity contribution >= 4 is 28.8 Å². The minimum absolute atomic E-state index is 0.0841. The minimum Gasteiger partial charge on any atom is -0.341 e. The molecule has 0 aliphatic carbocycles. The van der Waals surface area contributed by atoms with Crippen molar-refractivity contribution in [3.63, 3.8) is 0 Å². The minimum atomic E-state index is -0.0841. The smallest absolute Gasteiger partial charge is 0.211 e. The molecule has 0 atom stereocenters. The molecule has 0 fully saturated rings. The second-order valence-corrected chi connectivity index (χ2v) is 7.22. The highest BCUT2D eigenvalue weighted by molar-refractivity contribution is 5.83. The summed E-state index contributed by atoms with van der Waals surface area (Å²) in [7, 11) is 0. The van der Waals surface area contributed by atoms with E-state index in [4.69, 9.17) is 0 Å². The number of fused-ring (bicyclic) bond motifs is 1. The molecule has 0 bridgehead atoms. The van der Waals surface area contributed by atoms with Crippen LogP contribution in [0.4, 0.5) is 11.5 Å². The second kappa shape index (κ2) is 11.8. The molecule has 2 aromatic carbocycles. The first-order chi connectivity index (χ1) is 16.6. The number of nitrogens with zero attached hydrogens (tertiary/aromatic N) is 2. The number of carbonyl (C=O) groups excluding carboxylic acids is 1. The van der Waals surface area contributed by atoms with Gasteiger partial charge in [-0.3, -0.25) is 19.1 Å². The van der Waals surface area contributed by atoms with Gasteiger partial charge in [-0.25, -0.2) is 0 Å². The van der Waals surface area contributed by atoms with Crippen molar-refractivity contribution in [2.45, 2.75) is 6.92 Å². The Balaban J connectivity index is 0.000000302. The van der Waals surface area contributed by atoms with Crippen LogP contribution in [-0.2, 0) is 4.79 Å². The van der Waals surface area contributed by atoms with E-state index in [1.807, 2.05) is 78.2 Å². The number of pyridine rings is 2. The first kappa shape index (κ1) is 23.9. The highest BCUT2D eigenvalue weighted by atomic mass is 16.1. The van der Waals surface area contributed by atoms with Crippen molar-refractivity contribution in [1.29, 1.82) is 0 Å². The second-order valence-electron chi connectivity index (χ2n) is 7.22. The fraction of sp³-hybridized carbons (Fsp3) is 0.0357. The van der Waals surface area contributed by atoms with Gasteiger partial charge in [0, 0.05) is 35.0 Å². The molecule has 0 radical (unpaired) electrons. The highest BCUT2D eigenvalue weighted by Crippen LogP contribution is 2.23. The van der Waals surface area contributed by atoms with Gasteiger partial charge in [0.25, 0.3) is 0 Å². The van der Waals surface area contributed by atoms with Crippen LogP contribution in [0.2, 0.25) is 0 Å². The first-order valence-corrected chi connectivity index (χ1v) is 10.6. The van der Waals surface area contributed by atoms with E-state index >= 15 is 0 Å². The highest BCUT2D eigenvalue weighted by Gasteiger charge is 2.12. The predicted molar refractivity (Wildman–Crippen MR) is 140 cm³/mol. The standard InChI is InChI=1S/C21H19N3O.C7H7NO/c1-4-9-16(5-2)23-21-13-20(25)18-14-22-15(3)12-19(18)24(21)17-10-7-6-8-11-17;9-6-8-7-4-2-1-3-5-7/h4-14,23H,1-2H2,3H3;1-6H,(H,8,9)/b16-9+;. The summed E-state index contributed by atoms with van der Waals surface area (Å²) in [5.74, 6) is 0.655. The van der Waals surface area contributed by atoms with E-state index in [0.29, 0.717) is 17.6 Å². The lowest BCUT2D eigenvalue weighted by molar-refractivity contribution is -0.105. The number of anilines is 2. The molecule has 6 heteroatoms. The van der Waals surface area contributed by atoms with E-state index in [1.165, 1.54) is 0 Å². The lowest BCUT2D eigenvalue weighted by Gasteiger charge is -2.18. The quantitative estimate of drug-likeness (QED) is 0.283. The van der Waals surface area contributed by atoms with Gasteiger partial charge in [-0.1, -0.05) is 55.6 Å². The molecule has 1 amide bonds. The zero-order valence-corrected chi connectivity index (χ0v) is 18.9. The van der Waals surface area contributed by atoms with Crippen LogP contribution in [0.15, 0.2) is 121 Å². The van der Waals surface area contributed by atoms with Crippen LogP contribution in [-0.4, -0.2) is 16.0 Å². The number of nitrogens with one attached hydrogen (secondary N) is 2. The fourth-order valence-electron chi connectivity index (χ4n) is 3.30. The summed E-state index contributed by atoms with van der Waals surface area (Å²) in [5.41, 5.74) is 4.09. The Hall–Kier alpha value is -4.71. The number of rotatable bonds is 7. The maximum absolute atomic E-state index is 12.6. The zero-order chi connectivity index (χ0) is 24.3. The van der Waals surface area contributed by atoms with Crippen molar-refractivity contribution in [3.8, 4) is 5.69 Å². The summed E-state index contributed by atoms with van der Waals surface area (Å²) >= 11 is 0. The Labute approximate surface area is 198 Å². The van der Waals surface area contributed by atoms with Crippen molar-refractivity contribution in [3.05, 3.63) is 132 Å². The molecule has 4 aromatic rings. The summed E-state index contributed by atoms with van der Waals surface area (Å²) in [6.45, 7) is 9.42. The Morgan fingerprint density at radius 3 is 2.29 bits per heavy atom. The predicted octanol–water partition coefficient (Wildman–Crippen LogP) is 5.62. The number of aromatic nitrogens is 2. The number of benzene rings is 2. The Morgan fingerprint density at radius 2 is 1.68 bits per heavy atom. The van der Waals surface area contributed by atoms with Gasteiger partial charge in [0.1, 0.15) is 5.82 Å². The molecular formula is C28H26N4O2. The topological polar surface area (TPSA) is 76.0 Å². The number of hydrogen-bond donors (Lipinski definition) is 2. The van der Waals surface area contributed by atoms with Crippen LogP contribution >= 0.6 is 0 Å². The number of amides is 1. The van der Waals surface area contributed by atoms with Gasteiger partial charge in [0.05, 0.1) is 10.9 Å². The van der Waals surface area contributed by atoms with Gasteiger partial charge in [0.2, 0.25) is 6.41 Å². The monoisotopic (exact) mass is 450 g/mol. The molecule has 170 valence electrons. The van der Waals surface area contributed by atoms with Gasteiger partial charge in [-0.2, -0.15) is 0 Å². The van der Waals surface area contributed by atoms with Gasteiger partial charge in [-0.05, 0) is 49.4 Å². The Bertz CT molecular complexity index is 1370. The zero-order valence-electron chi connectivity index (χ0n) is 18.9. The summed E-state index contributed by atoms with van der Waals surface area (Å²) in [4.78, 5) is 26.7.